The van der Waals surface area contributed by atoms with Gasteiger partial charge >= 0.3 is 0 Å². The highest BCUT2D eigenvalue weighted by Gasteiger charge is 2.36. The Bertz CT molecular complexity index is 189. The molecule has 0 radical (unpaired) electrons. The summed E-state index contributed by atoms with van der Waals surface area (Å²) in [4.78, 5) is 11.4. The van der Waals surface area contributed by atoms with E-state index in [4.69, 9.17) is 5.73 Å². The third-order valence-corrected chi connectivity index (χ3v) is 2.60. The van der Waals surface area contributed by atoms with Gasteiger partial charge in [0.05, 0.1) is 5.92 Å². The summed E-state index contributed by atoms with van der Waals surface area (Å²) in [5, 5.41) is 6.11. The topological polar surface area (TPSA) is 67.1 Å². The molecular formula is C8H15N3O. The van der Waals surface area contributed by atoms with Crippen molar-refractivity contribution in [3.05, 3.63) is 0 Å². The normalized spacial score (nSPS) is 39.6. The fourth-order valence-electron chi connectivity index (χ4n) is 1.56. The molecule has 0 aromatic rings. The Labute approximate surface area is 71.9 Å². The van der Waals surface area contributed by atoms with E-state index in [2.05, 4.69) is 10.6 Å². The highest BCUT2D eigenvalue weighted by atomic mass is 16.2. The lowest BCUT2D eigenvalue weighted by molar-refractivity contribution is -0.124. The molecule has 4 heteroatoms. The third-order valence-electron chi connectivity index (χ3n) is 2.60. The van der Waals surface area contributed by atoms with Crippen LogP contribution in [0.2, 0.25) is 0 Å². The minimum atomic E-state index is 0.179. The van der Waals surface area contributed by atoms with E-state index in [0.29, 0.717) is 0 Å². The maximum absolute atomic E-state index is 11.4. The zero-order chi connectivity index (χ0) is 8.55. The SMILES string of the molecule is NC1CC1NC(=O)C1CCNC1. The van der Waals surface area contributed by atoms with E-state index in [1.54, 1.807) is 0 Å². The van der Waals surface area contributed by atoms with Crippen LogP contribution in [0.4, 0.5) is 0 Å². The van der Waals surface area contributed by atoms with Gasteiger partial charge in [0, 0.05) is 18.6 Å². The number of hydrogen-bond acceptors (Lipinski definition) is 3. The summed E-state index contributed by atoms with van der Waals surface area (Å²) in [6, 6.07) is 0.474. The van der Waals surface area contributed by atoms with Crippen molar-refractivity contribution in [1.82, 2.24) is 10.6 Å². The van der Waals surface area contributed by atoms with Crippen molar-refractivity contribution in [3.8, 4) is 0 Å². The van der Waals surface area contributed by atoms with Crippen molar-refractivity contribution in [2.45, 2.75) is 24.9 Å². The van der Waals surface area contributed by atoms with Gasteiger partial charge in [-0.25, -0.2) is 0 Å². The first-order valence-corrected chi connectivity index (χ1v) is 4.54. The van der Waals surface area contributed by atoms with E-state index >= 15 is 0 Å². The Kier molecular flexibility index (Phi) is 2.02. The molecule has 0 bridgehead atoms. The van der Waals surface area contributed by atoms with Gasteiger partial charge in [0.1, 0.15) is 0 Å². The second-order valence-electron chi connectivity index (χ2n) is 3.70. The second-order valence-corrected chi connectivity index (χ2v) is 3.70. The molecule has 1 saturated carbocycles. The van der Waals surface area contributed by atoms with Crippen LogP contribution in [0.25, 0.3) is 0 Å². The van der Waals surface area contributed by atoms with Crippen molar-refractivity contribution in [2.24, 2.45) is 11.7 Å². The van der Waals surface area contributed by atoms with Gasteiger partial charge in [0.15, 0.2) is 0 Å². The molecule has 4 N–H and O–H groups in total. The van der Waals surface area contributed by atoms with Crippen LogP contribution in [-0.4, -0.2) is 31.1 Å². The van der Waals surface area contributed by atoms with Crippen LogP contribution >= 0.6 is 0 Å². The summed E-state index contributed by atoms with van der Waals surface area (Å²) in [6.07, 6.45) is 1.92. The zero-order valence-corrected chi connectivity index (χ0v) is 7.05. The van der Waals surface area contributed by atoms with Crippen LogP contribution < -0.4 is 16.4 Å². The average Bonchev–Trinajstić information content (AvgIpc) is 2.58. The van der Waals surface area contributed by atoms with Gasteiger partial charge < -0.3 is 16.4 Å². The summed E-state index contributed by atoms with van der Waals surface area (Å²) in [7, 11) is 0. The molecule has 2 fully saturated rings. The monoisotopic (exact) mass is 169 g/mol. The van der Waals surface area contributed by atoms with E-state index in [-0.39, 0.29) is 23.9 Å². The van der Waals surface area contributed by atoms with Crippen molar-refractivity contribution in [3.63, 3.8) is 0 Å². The van der Waals surface area contributed by atoms with Crippen molar-refractivity contribution in [1.29, 1.82) is 0 Å². The number of amides is 1. The molecule has 1 aliphatic heterocycles. The molecule has 1 heterocycles. The molecule has 1 aliphatic carbocycles. The number of carbonyl (C=O) groups is 1. The molecule has 4 nitrogen and oxygen atoms in total. The van der Waals surface area contributed by atoms with Gasteiger partial charge in [-0.2, -0.15) is 0 Å². The number of carbonyl (C=O) groups excluding carboxylic acids is 1. The van der Waals surface area contributed by atoms with Gasteiger partial charge in [-0.05, 0) is 19.4 Å². The fraction of sp³-hybridized carbons (Fsp3) is 0.875. The minimum absolute atomic E-state index is 0.179. The molecule has 1 amide bonds. The van der Waals surface area contributed by atoms with Gasteiger partial charge in [0.2, 0.25) is 5.91 Å². The highest BCUT2D eigenvalue weighted by molar-refractivity contribution is 5.80. The molecule has 3 unspecified atom stereocenters. The van der Waals surface area contributed by atoms with Crippen molar-refractivity contribution in [2.75, 3.05) is 13.1 Å². The maximum atomic E-state index is 11.4. The smallest absolute Gasteiger partial charge is 0.224 e. The summed E-state index contributed by atoms with van der Waals surface area (Å²) in [6.45, 7) is 1.79. The van der Waals surface area contributed by atoms with E-state index in [9.17, 15) is 4.79 Å². The largest absolute Gasteiger partial charge is 0.351 e. The fourth-order valence-corrected chi connectivity index (χ4v) is 1.56. The van der Waals surface area contributed by atoms with Crippen molar-refractivity contribution >= 4 is 5.91 Å². The Morgan fingerprint density at radius 2 is 2.33 bits per heavy atom. The molecular weight excluding hydrogens is 154 g/mol. The lowest BCUT2D eigenvalue weighted by Gasteiger charge is -2.08. The van der Waals surface area contributed by atoms with Crippen molar-refractivity contribution < 1.29 is 4.79 Å². The first kappa shape index (κ1) is 8.01. The van der Waals surface area contributed by atoms with Gasteiger partial charge in [-0.15, -0.1) is 0 Å². The lowest BCUT2D eigenvalue weighted by Crippen LogP contribution is -2.35. The van der Waals surface area contributed by atoms with E-state index < -0.39 is 0 Å². The van der Waals surface area contributed by atoms with Crippen LogP contribution in [0.15, 0.2) is 0 Å². The summed E-state index contributed by atoms with van der Waals surface area (Å²) in [5.74, 6) is 0.357. The molecule has 0 aromatic heterocycles. The summed E-state index contributed by atoms with van der Waals surface area (Å²) in [5.41, 5.74) is 5.58. The molecule has 0 spiro atoms. The van der Waals surface area contributed by atoms with Crippen LogP contribution in [0.3, 0.4) is 0 Å². The lowest BCUT2D eigenvalue weighted by atomic mass is 10.1. The molecule has 68 valence electrons. The first-order chi connectivity index (χ1) is 5.77. The maximum Gasteiger partial charge on any atom is 0.224 e. The Morgan fingerprint density at radius 3 is 2.83 bits per heavy atom. The van der Waals surface area contributed by atoms with Crippen LogP contribution in [-0.2, 0) is 4.79 Å². The highest BCUT2D eigenvalue weighted by Crippen LogP contribution is 2.19. The van der Waals surface area contributed by atoms with E-state index in [1.807, 2.05) is 0 Å². The summed E-state index contributed by atoms with van der Waals surface area (Å²) < 4.78 is 0. The van der Waals surface area contributed by atoms with Crippen LogP contribution in [0.5, 0.6) is 0 Å². The Hall–Kier alpha value is -0.610. The predicted molar refractivity (Wildman–Crippen MR) is 45.5 cm³/mol. The van der Waals surface area contributed by atoms with Gasteiger partial charge in [-0.1, -0.05) is 0 Å². The number of nitrogens with one attached hydrogen (secondary N) is 2. The second kappa shape index (κ2) is 3.03. The number of hydrogen-bond donors (Lipinski definition) is 3. The Morgan fingerprint density at radius 1 is 1.58 bits per heavy atom. The van der Waals surface area contributed by atoms with E-state index in [1.165, 1.54) is 0 Å². The Balaban J connectivity index is 1.76. The molecule has 2 rings (SSSR count). The molecule has 12 heavy (non-hydrogen) atoms. The van der Waals surface area contributed by atoms with Crippen LogP contribution in [0, 0.1) is 5.92 Å². The quantitative estimate of drug-likeness (QED) is 0.487. The molecule has 2 aliphatic rings. The first-order valence-electron chi connectivity index (χ1n) is 4.54. The third kappa shape index (κ3) is 1.59. The summed E-state index contributed by atoms with van der Waals surface area (Å²) >= 11 is 0. The zero-order valence-electron chi connectivity index (χ0n) is 7.05. The predicted octanol–water partition coefficient (Wildman–Crippen LogP) is -1.19. The standard InChI is InChI=1S/C8H15N3O/c9-6-3-7(6)11-8(12)5-1-2-10-4-5/h5-7,10H,1-4,9H2,(H,11,12). The van der Waals surface area contributed by atoms with Gasteiger partial charge in [-0.3, -0.25) is 4.79 Å². The molecule has 0 aromatic carbocycles. The molecule has 3 atom stereocenters. The minimum Gasteiger partial charge on any atom is -0.351 e. The van der Waals surface area contributed by atoms with E-state index in [0.717, 1.165) is 25.9 Å². The number of nitrogens with two attached hydrogens (primary N) is 1. The number of rotatable bonds is 2. The van der Waals surface area contributed by atoms with Crippen LogP contribution in [0.1, 0.15) is 12.8 Å². The van der Waals surface area contributed by atoms with Gasteiger partial charge in [0.25, 0.3) is 0 Å². The average molecular weight is 169 g/mol. The molecule has 1 saturated heterocycles.